The van der Waals surface area contributed by atoms with Crippen LogP contribution in [0.5, 0.6) is 0 Å². The van der Waals surface area contributed by atoms with Gasteiger partial charge in [-0.05, 0) is 30.7 Å². The van der Waals surface area contributed by atoms with E-state index in [9.17, 15) is 4.79 Å². The summed E-state index contributed by atoms with van der Waals surface area (Å²) in [5, 5.41) is 9.31. The molecule has 0 amide bonds. The lowest BCUT2D eigenvalue weighted by molar-refractivity contribution is -0.136. The predicted octanol–water partition coefficient (Wildman–Crippen LogP) is 3.54. The highest BCUT2D eigenvalue weighted by molar-refractivity contribution is 6.31. The molecule has 88 valence electrons. The number of rotatable bonds is 3. The number of carboxylic acids is 1. The standard InChI is InChI=1S/C13H11ClO3/c1-8-2-3-9(6-11(8)14)12-5-4-10(17-12)7-13(15)16/h2-6H,7H2,1H3,(H,15,16). The first-order valence-electron chi connectivity index (χ1n) is 5.13. The molecule has 0 radical (unpaired) electrons. The highest BCUT2D eigenvalue weighted by atomic mass is 35.5. The van der Waals surface area contributed by atoms with E-state index in [0.29, 0.717) is 16.5 Å². The highest BCUT2D eigenvalue weighted by Crippen LogP contribution is 2.26. The van der Waals surface area contributed by atoms with E-state index in [-0.39, 0.29) is 6.42 Å². The third-order valence-electron chi connectivity index (χ3n) is 2.44. The molecule has 0 atom stereocenters. The van der Waals surface area contributed by atoms with Gasteiger partial charge in [-0.25, -0.2) is 0 Å². The first kappa shape index (κ1) is 11.7. The van der Waals surface area contributed by atoms with Crippen LogP contribution in [0, 0.1) is 6.92 Å². The van der Waals surface area contributed by atoms with E-state index in [1.54, 1.807) is 18.2 Å². The van der Waals surface area contributed by atoms with Gasteiger partial charge in [0.1, 0.15) is 17.9 Å². The Bertz CT molecular complexity index is 558. The normalized spacial score (nSPS) is 10.5. The molecule has 0 saturated carbocycles. The van der Waals surface area contributed by atoms with E-state index < -0.39 is 5.97 Å². The predicted molar refractivity (Wildman–Crippen MR) is 65.2 cm³/mol. The number of benzene rings is 1. The van der Waals surface area contributed by atoms with Gasteiger partial charge in [-0.3, -0.25) is 4.79 Å². The Labute approximate surface area is 104 Å². The number of aryl methyl sites for hydroxylation is 1. The Hall–Kier alpha value is -1.74. The zero-order chi connectivity index (χ0) is 12.4. The first-order chi connectivity index (χ1) is 8.06. The molecule has 2 aromatic rings. The van der Waals surface area contributed by atoms with E-state index >= 15 is 0 Å². The van der Waals surface area contributed by atoms with Crippen LogP contribution in [0.25, 0.3) is 11.3 Å². The van der Waals surface area contributed by atoms with Crippen LogP contribution in [-0.2, 0) is 11.2 Å². The van der Waals surface area contributed by atoms with Gasteiger partial charge in [0.05, 0.1) is 0 Å². The lowest BCUT2D eigenvalue weighted by Gasteiger charge is -2.01. The van der Waals surface area contributed by atoms with Gasteiger partial charge in [0.25, 0.3) is 0 Å². The summed E-state index contributed by atoms with van der Waals surface area (Å²) >= 11 is 6.02. The van der Waals surface area contributed by atoms with Crippen molar-refractivity contribution in [2.75, 3.05) is 0 Å². The summed E-state index contributed by atoms with van der Waals surface area (Å²) in [6.07, 6.45) is -0.112. The van der Waals surface area contributed by atoms with Crippen molar-refractivity contribution < 1.29 is 14.3 Å². The number of hydrogen-bond donors (Lipinski definition) is 1. The second kappa shape index (κ2) is 4.63. The summed E-state index contributed by atoms with van der Waals surface area (Å²) in [7, 11) is 0. The maximum absolute atomic E-state index is 10.5. The van der Waals surface area contributed by atoms with Crippen LogP contribution in [0.3, 0.4) is 0 Å². The molecular weight excluding hydrogens is 240 g/mol. The Morgan fingerprint density at radius 1 is 1.35 bits per heavy atom. The number of hydrogen-bond acceptors (Lipinski definition) is 2. The van der Waals surface area contributed by atoms with Crippen LogP contribution in [0.15, 0.2) is 34.7 Å². The molecule has 3 nitrogen and oxygen atoms in total. The maximum Gasteiger partial charge on any atom is 0.311 e. The van der Waals surface area contributed by atoms with Crippen molar-refractivity contribution in [1.82, 2.24) is 0 Å². The summed E-state index contributed by atoms with van der Waals surface area (Å²) in [5.41, 5.74) is 1.84. The van der Waals surface area contributed by atoms with Crippen LogP contribution in [-0.4, -0.2) is 11.1 Å². The molecule has 0 fully saturated rings. The van der Waals surface area contributed by atoms with Gasteiger partial charge >= 0.3 is 5.97 Å². The first-order valence-corrected chi connectivity index (χ1v) is 5.51. The van der Waals surface area contributed by atoms with Gasteiger partial charge in [0.15, 0.2) is 0 Å². The minimum Gasteiger partial charge on any atom is -0.481 e. The highest BCUT2D eigenvalue weighted by Gasteiger charge is 2.08. The Balaban J connectivity index is 2.30. The number of halogens is 1. The van der Waals surface area contributed by atoms with E-state index in [1.165, 1.54) is 0 Å². The third kappa shape index (κ3) is 2.68. The zero-order valence-corrected chi connectivity index (χ0v) is 9.99. The molecule has 4 heteroatoms. The van der Waals surface area contributed by atoms with Gasteiger partial charge in [-0.15, -0.1) is 0 Å². The van der Waals surface area contributed by atoms with E-state index in [1.807, 2.05) is 19.1 Å². The largest absolute Gasteiger partial charge is 0.481 e. The van der Waals surface area contributed by atoms with Crippen molar-refractivity contribution in [3.05, 3.63) is 46.7 Å². The van der Waals surface area contributed by atoms with Crippen molar-refractivity contribution in [2.24, 2.45) is 0 Å². The molecule has 0 unspecified atom stereocenters. The average Bonchev–Trinajstić information content (AvgIpc) is 2.69. The third-order valence-corrected chi connectivity index (χ3v) is 2.85. The fourth-order valence-corrected chi connectivity index (χ4v) is 1.70. The van der Waals surface area contributed by atoms with Crippen molar-refractivity contribution in [3.63, 3.8) is 0 Å². The molecule has 0 spiro atoms. The molecule has 1 N–H and O–H groups in total. The van der Waals surface area contributed by atoms with Crippen molar-refractivity contribution in [3.8, 4) is 11.3 Å². The van der Waals surface area contributed by atoms with Gasteiger partial charge in [0.2, 0.25) is 0 Å². The van der Waals surface area contributed by atoms with Gasteiger partial charge in [0, 0.05) is 10.6 Å². The molecule has 0 aliphatic rings. The fourth-order valence-electron chi connectivity index (χ4n) is 1.52. The second-order valence-corrected chi connectivity index (χ2v) is 4.21. The molecule has 1 heterocycles. The SMILES string of the molecule is Cc1ccc(-c2ccc(CC(=O)O)o2)cc1Cl. The van der Waals surface area contributed by atoms with Crippen molar-refractivity contribution in [2.45, 2.75) is 13.3 Å². The van der Waals surface area contributed by atoms with Crippen LogP contribution in [0.4, 0.5) is 0 Å². The summed E-state index contributed by atoms with van der Waals surface area (Å²) < 4.78 is 5.44. The van der Waals surface area contributed by atoms with Crippen LogP contribution in [0.2, 0.25) is 5.02 Å². The van der Waals surface area contributed by atoms with Crippen molar-refractivity contribution in [1.29, 1.82) is 0 Å². The molecule has 1 aromatic heterocycles. The zero-order valence-electron chi connectivity index (χ0n) is 9.24. The molecule has 2 rings (SSSR count). The Kier molecular flexibility index (Phi) is 3.20. The molecule has 17 heavy (non-hydrogen) atoms. The van der Waals surface area contributed by atoms with Gasteiger partial charge in [-0.2, -0.15) is 0 Å². The Morgan fingerprint density at radius 3 is 2.76 bits per heavy atom. The van der Waals surface area contributed by atoms with E-state index in [4.69, 9.17) is 21.1 Å². The molecule has 0 aliphatic carbocycles. The molecule has 0 saturated heterocycles. The fraction of sp³-hybridized carbons (Fsp3) is 0.154. The van der Waals surface area contributed by atoms with E-state index in [2.05, 4.69) is 0 Å². The quantitative estimate of drug-likeness (QED) is 0.907. The monoisotopic (exact) mass is 250 g/mol. The van der Waals surface area contributed by atoms with Gasteiger partial charge in [-0.1, -0.05) is 23.7 Å². The number of carboxylic acid groups (broad SMARTS) is 1. The number of aliphatic carboxylic acids is 1. The summed E-state index contributed by atoms with van der Waals surface area (Å²) in [6.45, 7) is 1.92. The van der Waals surface area contributed by atoms with Crippen LogP contribution in [0.1, 0.15) is 11.3 Å². The maximum atomic E-state index is 10.5. The lowest BCUT2D eigenvalue weighted by Crippen LogP contribution is -1.97. The Morgan fingerprint density at radius 2 is 2.12 bits per heavy atom. The second-order valence-electron chi connectivity index (χ2n) is 3.80. The van der Waals surface area contributed by atoms with Crippen LogP contribution >= 0.6 is 11.6 Å². The topological polar surface area (TPSA) is 50.4 Å². The molecule has 0 aliphatic heterocycles. The summed E-state index contributed by atoms with van der Waals surface area (Å²) in [4.78, 5) is 10.5. The van der Waals surface area contributed by atoms with Gasteiger partial charge < -0.3 is 9.52 Å². The molecule has 0 bridgehead atoms. The minimum absolute atomic E-state index is 0.112. The molecular formula is C13H11ClO3. The lowest BCUT2D eigenvalue weighted by atomic mass is 10.1. The number of carbonyl (C=O) groups is 1. The summed E-state index contributed by atoms with van der Waals surface area (Å²) in [6, 6.07) is 9.01. The van der Waals surface area contributed by atoms with Crippen molar-refractivity contribution >= 4 is 17.6 Å². The van der Waals surface area contributed by atoms with Crippen LogP contribution < -0.4 is 0 Å². The molecule has 1 aromatic carbocycles. The number of furan rings is 1. The van der Waals surface area contributed by atoms with E-state index in [0.717, 1.165) is 11.1 Å². The minimum atomic E-state index is -0.909. The summed E-state index contributed by atoms with van der Waals surface area (Å²) in [5.74, 6) is 0.153. The smallest absolute Gasteiger partial charge is 0.311 e. The average molecular weight is 251 g/mol.